The van der Waals surface area contributed by atoms with Crippen molar-refractivity contribution in [2.45, 2.75) is 45.1 Å². The quantitative estimate of drug-likeness (QED) is 0.891. The van der Waals surface area contributed by atoms with Gasteiger partial charge in [0.15, 0.2) is 0 Å². The Kier molecular flexibility index (Phi) is 4.24. The number of nitrogens with one attached hydrogen (secondary N) is 1. The molecule has 18 heavy (non-hydrogen) atoms. The van der Waals surface area contributed by atoms with Gasteiger partial charge < -0.3 is 10.1 Å². The number of benzene rings is 1. The summed E-state index contributed by atoms with van der Waals surface area (Å²) < 4.78 is 5.25. The van der Waals surface area contributed by atoms with Crippen molar-refractivity contribution in [1.82, 2.24) is 5.32 Å². The van der Waals surface area contributed by atoms with E-state index in [-0.39, 0.29) is 5.91 Å². The normalized spacial score (nSPS) is 16.3. The van der Waals surface area contributed by atoms with E-state index >= 15 is 0 Å². The van der Waals surface area contributed by atoms with Gasteiger partial charge >= 0.3 is 0 Å². The third-order valence-electron chi connectivity index (χ3n) is 3.61. The monoisotopic (exact) mass is 247 g/mol. The molecule has 0 heterocycles. The molecule has 1 saturated carbocycles. The number of methoxy groups -OCH3 is 1. The molecule has 1 aliphatic carbocycles. The molecule has 0 unspecified atom stereocenters. The maximum absolute atomic E-state index is 12.1. The number of ether oxygens (including phenoxy) is 1. The van der Waals surface area contributed by atoms with Crippen LogP contribution >= 0.6 is 0 Å². The zero-order valence-electron chi connectivity index (χ0n) is 11.2. The first-order valence-electron chi connectivity index (χ1n) is 6.66. The average molecular weight is 247 g/mol. The molecule has 3 nitrogen and oxygen atoms in total. The minimum atomic E-state index is 0.0141. The molecule has 0 bridgehead atoms. The average Bonchev–Trinajstić information content (AvgIpc) is 2.40. The third kappa shape index (κ3) is 3.03. The fourth-order valence-electron chi connectivity index (χ4n) is 2.48. The Morgan fingerprint density at radius 2 is 2.00 bits per heavy atom. The summed E-state index contributed by atoms with van der Waals surface area (Å²) in [4.78, 5) is 12.1. The molecule has 1 aromatic carbocycles. The summed E-state index contributed by atoms with van der Waals surface area (Å²) in [7, 11) is 1.63. The van der Waals surface area contributed by atoms with Crippen LogP contribution in [0.15, 0.2) is 18.2 Å². The second-order valence-corrected chi connectivity index (χ2v) is 4.99. The lowest BCUT2D eigenvalue weighted by atomic mass is 9.95. The molecule has 1 N–H and O–H groups in total. The van der Waals surface area contributed by atoms with Gasteiger partial charge in [-0.15, -0.1) is 0 Å². The largest absolute Gasteiger partial charge is 0.496 e. The molecular weight excluding hydrogens is 226 g/mol. The summed E-state index contributed by atoms with van der Waals surface area (Å²) >= 11 is 0. The summed E-state index contributed by atoms with van der Waals surface area (Å²) in [5, 5.41) is 3.11. The Labute approximate surface area is 109 Å². The van der Waals surface area contributed by atoms with Crippen LogP contribution in [-0.2, 0) is 0 Å². The van der Waals surface area contributed by atoms with Crippen molar-refractivity contribution in [2.24, 2.45) is 0 Å². The molecule has 0 radical (unpaired) electrons. The van der Waals surface area contributed by atoms with Crippen LogP contribution in [0.1, 0.15) is 48.0 Å². The molecule has 0 spiro atoms. The van der Waals surface area contributed by atoms with Crippen molar-refractivity contribution in [3.8, 4) is 5.75 Å². The fraction of sp³-hybridized carbons (Fsp3) is 0.533. The van der Waals surface area contributed by atoms with E-state index in [1.807, 2.05) is 25.1 Å². The van der Waals surface area contributed by atoms with Crippen molar-refractivity contribution in [3.63, 3.8) is 0 Å². The van der Waals surface area contributed by atoms with Crippen LogP contribution in [0.2, 0.25) is 0 Å². The van der Waals surface area contributed by atoms with Crippen LogP contribution in [0, 0.1) is 6.92 Å². The minimum Gasteiger partial charge on any atom is -0.496 e. The van der Waals surface area contributed by atoms with Gasteiger partial charge in [0.1, 0.15) is 5.75 Å². The van der Waals surface area contributed by atoms with Crippen molar-refractivity contribution < 1.29 is 9.53 Å². The first-order chi connectivity index (χ1) is 8.70. The van der Waals surface area contributed by atoms with Gasteiger partial charge in [0, 0.05) is 11.6 Å². The lowest BCUT2D eigenvalue weighted by Crippen LogP contribution is -2.36. The van der Waals surface area contributed by atoms with Crippen LogP contribution in [0.25, 0.3) is 0 Å². The number of carbonyl (C=O) groups is 1. The molecule has 0 saturated heterocycles. The van der Waals surface area contributed by atoms with Gasteiger partial charge in [0.2, 0.25) is 0 Å². The second-order valence-electron chi connectivity index (χ2n) is 4.99. The summed E-state index contributed by atoms with van der Waals surface area (Å²) in [5.74, 6) is 0.784. The van der Waals surface area contributed by atoms with Gasteiger partial charge in [0.25, 0.3) is 5.91 Å². The van der Waals surface area contributed by atoms with E-state index in [4.69, 9.17) is 4.74 Å². The van der Waals surface area contributed by atoms with Crippen molar-refractivity contribution in [2.75, 3.05) is 7.11 Å². The zero-order chi connectivity index (χ0) is 13.0. The van der Waals surface area contributed by atoms with Gasteiger partial charge in [-0.2, -0.15) is 0 Å². The van der Waals surface area contributed by atoms with E-state index in [0.717, 1.165) is 24.2 Å². The topological polar surface area (TPSA) is 38.3 Å². The molecule has 0 aliphatic heterocycles. The molecule has 0 aromatic heterocycles. The Morgan fingerprint density at radius 1 is 1.28 bits per heavy atom. The minimum absolute atomic E-state index is 0.0141. The maximum atomic E-state index is 12.1. The number of rotatable bonds is 3. The lowest BCUT2D eigenvalue weighted by molar-refractivity contribution is 0.0927. The van der Waals surface area contributed by atoms with Gasteiger partial charge in [-0.25, -0.2) is 0 Å². The van der Waals surface area contributed by atoms with E-state index in [2.05, 4.69) is 5.32 Å². The number of hydrogen-bond acceptors (Lipinski definition) is 2. The van der Waals surface area contributed by atoms with Gasteiger partial charge in [-0.05, 0) is 37.5 Å². The Morgan fingerprint density at radius 3 is 2.67 bits per heavy atom. The van der Waals surface area contributed by atoms with E-state index < -0.39 is 0 Å². The molecule has 2 rings (SSSR count). The Hall–Kier alpha value is -1.51. The van der Waals surface area contributed by atoms with Crippen LogP contribution < -0.4 is 10.1 Å². The molecule has 98 valence electrons. The van der Waals surface area contributed by atoms with Crippen molar-refractivity contribution in [1.29, 1.82) is 0 Å². The van der Waals surface area contributed by atoms with Gasteiger partial charge in [0.05, 0.1) is 7.11 Å². The second kappa shape index (κ2) is 5.89. The Balaban J connectivity index is 2.03. The zero-order valence-corrected chi connectivity index (χ0v) is 11.2. The van der Waals surface area contributed by atoms with Crippen LogP contribution in [0.3, 0.4) is 0 Å². The highest BCUT2D eigenvalue weighted by Crippen LogP contribution is 2.21. The summed E-state index contributed by atoms with van der Waals surface area (Å²) in [6.07, 6.45) is 5.96. The highest BCUT2D eigenvalue weighted by molar-refractivity contribution is 5.94. The molecule has 1 aliphatic rings. The molecule has 0 atom stereocenters. The van der Waals surface area contributed by atoms with E-state index in [1.54, 1.807) is 7.11 Å². The van der Waals surface area contributed by atoms with Gasteiger partial charge in [-0.1, -0.05) is 25.3 Å². The van der Waals surface area contributed by atoms with Gasteiger partial charge in [-0.3, -0.25) is 4.79 Å². The number of aryl methyl sites for hydroxylation is 1. The van der Waals surface area contributed by atoms with Crippen molar-refractivity contribution in [3.05, 3.63) is 29.3 Å². The van der Waals surface area contributed by atoms with E-state index in [9.17, 15) is 4.79 Å². The lowest BCUT2D eigenvalue weighted by Gasteiger charge is -2.22. The maximum Gasteiger partial charge on any atom is 0.251 e. The number of carbonyl (C=O) groups excluding carboxylic acids is 1. The highest BCUT2D eigenvalue weighted by Gasteiger charge is 2.17. The van der Waals surface area contributed by atoms with E-state index in [0.29, 0.717) is 11.6 Å². The SMILES string of the molecule is COc1cc(C(=O)NC2CCCCC2)ccc1C. The molecule has 1 fully saturated rings. The Bertz CT molecular complexity index is 423. The van der Waals surface area contributed by atoms with Crippen LogP contribution in [0.5, 0.6) is 5.75 Å². The summed E-state index contributed by atoms with van der Waals surface area (Å²) in [5.41, 5.74) is 1.73. The van der Waals surface area contributed by atoms with Crippen molar-refractivity contribution >= 4 is 5.91 Å². The third-order valence-corrected chi connectivity index (χ3v) is 3.61. The standard InChI is InChI=1S/C15H21NO2/c1-11-8-9-12(10-14(11)18-2)15(17)16-13-6-4-3-5-7-13/h8-10,13H,3-7H2,1-2H3,(H,16,17). The molecule has 1 aromatic rings. The summed E-state index contributed by atoms with van der Waals surface area (Å²) in [6, 6.07) is 5.94. The first-order valence-corrected chi connectivity index (χ1v) is 6.66. The first kappa shape index (κ1) is 12.9. The predicted molar refractivity (Wildman–Crippen MR) is 72.1 cm³/mol. The highest BCUT2D eigenvalue weighted by atomic mass is 16.5. The molecule has 1 amide bonds. The predicted octanol–water partition coefficient (Wildman–Crippen LogP) is 3.07. The molecular formula is C15H21NO2. The summed E-state index contributed by atoms with van der Waals surface area (Å²) in [6.45, 7) is 1.97. The number of hydrogen-bond donors (Lipinski definition) is 1. The van der Waals surface area contributed by atoms with E-state index in [1.165, 1.54) is 19.3 Å². The van der Waals surface area contributed by atoms with Crippen LogP contribution in [-0.4, -0.2) is 19.1 Å². The molecule has 3 heteroatoms. The van der Waals surface area contributed by atoms with Crippen LogP contribution in [0.4, 0.5) is 0 Å². The smallest absolute Gasteiger partial charge is 0.251 e. The number of amides is 1. The fourth-order valence-corrected chi connectivity index (χ4v) is 2.48.